The number of rotatable bonds is 9. The van der Waals surface area contributed by atoms with Crippen molar-refractivity contribution in [3.63, 3.8) is 0 Å². The molecule has 1 aliphatic rings. The summed E-state index contributed by atoms with van der Waals surface area (Å²) in [6, 6.07) is 11.3. The van der Waals surface area contributed by atoms with Gasteiger partial charge in [-0.1, -0.05) is 18.2 Å². The molecule has 0 spiro atoms. The van der Waals surface area contributed by atoms with Crippen molar-refractivity contribution >= 4 is 15.9 Å². The molecule has 0 bridgehead atoms. The van der Waals surface area contributed by atoms with Crippen LogP contribution in [0.1, 0.15) is 24.8 Å². The van der Waals surface area contributed by atoms with Gasteiger partial charge in [-0.05, 0) is 42.7 Å². The summed E-state index contributed by atoms with van der Waals surface area (Å²) in [5.41, 5.74) is 0.768. The standard InChI is InChI=1S/C22H27FN2O6S/c1-30-17-3-2-4-19(11-17)32(28,29)25-20-10-9-18(31-21(20)14-26)12-22(27)24-13-15-5-7-16(23)8-6-15/h2-8,11,18,20-21,25-26H,9-10,12-14H2,1H3,(H,24,27)/t18-,20-,21-/m1/s1. The van der Waals surface area contributed by atoms with Crippen LogP contribution in [0.25, 0.3) is 0 Å². The second kappa shape index (κ2) is 10.9. The smallest absolute Gasteiger partial charge is 0.241 e. The molecule has 8 nitrogen and oxygen atoms in total. The summed E-state index contributed by atoms with van der Waals surface area (Å²) in [5, 5.41) is 12.5. The lowest BCUT2D eigenvalue weighted by molar-refractivity contribution is -0.130. The van der Waals surface area contributed by atoms with Gasteiger partial charge in [-0.2, -0.15) is 0 Å². The molecule has 32 heavy (non-hydrogen) atoms. The van der Waals surface area contributed by atoms with Crippen LogP contribution in [0.2, 0.25) is 0 Å². The zero-order valence-electron chi connectivity index (χ0n) is 17.7. The highest BCUT2D eigenvalue weighted by atomic mass is 32.2. The van der Waals surface area contributed by atoms with Crippen molar-refractivity contribution in [2.45, 2.75) is 49.0 Å². The number of methoxy groups -OCH3 is 1. The van der Waals surface area contributed by atoms with E-state index in [0.29, 0.717) is 18.6 Å². The number of carbonyl (C=O) groups is 1. The molecule has 1 aliphatic heterocycles. The van der Waals surface area contributed by atoms with Gasteiger partial charge in [0, 0.05) is 12.6 Å². The SMILES string of the molecule is COc1cccc(S(=O)(=O)N[C@@H]2CC[C@H](CC(=O)NCc3ccc(F)cc3)O[C@@H]2CO)c1. The van der Waals surface area contributed by atoms with Crippen LogP contribution < -0.4 is 14.8 Å². The lowest BCUT2D eigenvalue weighted by Gasteiger charge is -2.35. The summed E-state index contributed by atoms with van der Waals surface area (Å²) in [5.74, 6) is -0.174. The zero-order chi connectivity index (χ0) is 23.1. The first kappa shape index (κ1) is 24.1. The van der Waals surface area contributed by atoms with Crippen LogP contribution in [0.4, 0.5) is 4.39 Å². The van der Waals surface area contributed by atoms with E-state index in [4.69, 9.17) is 9.47 Å². The Morgan fingerprint density at radius 1 is 1.22 bits per heavy atom. The normalized spacial score (nSPS) is 21.2. The molecule has 1 amide bonds. The van der Waals surface area contributed by atoms with Crippen molar-refractivity contribution in [2.24, 2.45) is 0 Å². The Balaban J connectivity index is 1.53. The molecule has 3 rings (SSSR count). The number of ether oxygens (including phenoxy) is 2. The van der Waals surface area contributed by atoms with Gasteiger partial charge in [0.05, 0.1) is 43.3 Å². The number of nitrogens with one attached hydrogen (secondary N) is 2. The van der Waals surface area contributed by atoms with Gasteiger partial charge in [0.2, 0.25) is 15.9 Å². The van der Waals surface area contributed by atoms with Gasteiger partial charge < -0.3 is 19.9 Å². The van der Waals surface area contributed by atoms with Crippen molar-refractivity contribution in [3.8, 4) is 5.75 Å². The topological polar surface area (TPSA) is 114 Å². The van der Waals surface area contributed by atoms with Gasteiger partial charge >= 0.3 is 0 Å². The largest absolute Gasteiger partial charge is 0.497 e. The molecule has 1 fully saturated rings. The minimum atomic E-state index is -3.85. The number of sulfonamides is 1. The van der Waals surface area contributed by atoms with Crippen LogP contribution in [-0.2, 0) is 26.1 Å². The quantitative estimate of drug-likeness (QED) is 0.519. The van der Waals surface area contributed by atoms with Gasteiger partial charge in [-0.15, -0.1) is 0 Å². The van der Waals surface area contributed by atoms with E-state index in [-0.39, 0.29) is 36.2 Å². The Morgan fingerprint density at radius 3 is 2.66 bits per heavy atom. The number of hydrogen-bond acceptors (Lipinski definition) is 6. The lowest BCUT2D eigenvalue weighted by atomic mass is 9.98. The van der Waals surface area contributed by atoms with Crippen molar-refractivity contribution in [1.29, 1.82) is 0 Å². The minimum absolute atomic E-state index is 0.0517. The fourth-order valence-electron chi connectivity index (χ4n) is 3.53. The van der Waals surface area contributed by atoms with Gasteiger partial charge in [-0.25, -0.2) is 17.5 Å². The molecule has 2 aromatic carbocycles. The van der Waals surface area contributed by atoms with Crippen LogP contribution in [0.3, 0.4) is 0 Å². The highest BCUT2D eigenvalue weighted by Crippen LogP contribution is 2.24. The monoisotopic (exact) mass is 466 g/mol. The zero-order valence-corrected chi connectivity index (χ0v) is 18.5. The third-order valence-corrected chi connectivity index (χ3v) is 6.76. The highest BCUT2D eigenvalue weighted by Gasteiger charge is 2.34. The maximum absolute atomic E-state index is 13.0. The average Bonchev–Trinajstić information content (AvgIpc) is 2.79. The molecule has 0 aliphatic carbocycles. The Morgan fingerprint density at radius 2 is 1.97 bits per heavy atom. The van der Waals surface area contributed by atoms with E-state index in [9.17, 15) is 22.7 Å². The van der Waals surface area contributed by atoms with Crippen molar-refractivity contribution in [2.75, 3.05) is 13.7 Å². The molecular weight excluding hydrogens is 439 g/mol. The number of halogens is 1. The number of carbonyl (C=O) groups excluding carboxylic acids is 1. The summed E-state index contributed by atoms with van der Waals surface area (Å²) in [6.45, 7) is -0.128. The molecular formula is C22H27FN2O6S. The second-order valence-electron chi connectivity index (χ2n) is 7.57. The Hall–Kier alpha value is -2.53. The third-order valence-electron chi connectivity index (χ3n) is 5.27. The van der Waals surface area contributed by atoms with Gasteiger partial charge in [0.15, 0.2) is 0 Å². The molecule has 174 valence electrons. The first-order valence-electron chi connectivity index (χ1n) is 10.2. The number of hydrogen-bond donors (Lipinski definition) is 3. The number of aliphatic hydroxyl groups is 1. The number of benzene rings is 2. The fraction of sp³-hybridized carbons (Fsp3) is 0.409. The van der Waals surface area contributed by atoms with E-state index < -0.39 is 28.3 Å². The average molecular weight is 467 g/mol. The third kappa shape index (κ3) is 6.49. The molecule has 0 aromatic heterocycles. The van der Waals surface area contributed by atoms with Crippen LogP contribution in [-0.4, -0.2) is 51.4 Å². The predicted octanol–water partition coefficient (Wildman–Crippen LogP) is 1.73. The Bertz CT molecular complexity index is 1020. The molecule has 3 atom stereocenters. The summed E-state index contributed by atoms with van der Waals surface area (Å²) >= 11 is 0. The predicted molar refractivity (Wildman–Crippen MR) is 115 cm³/mol. The van der Waals surface area contributed by atoms with Gasteiger partial charge in [0.25, 0.3) is 0 Å². The van der Waals surface area contributed by atoms with Gasteiger partial charge in [-0.3, -0.25) is 4.79 Å². The molecule has 0 unspecified atom stereocenters. The van der Waals surface area contributed by atoms with E-state index in [2.05, 4.69) is 10.0 Å². The first-order chi connectivity index (χ1) is 15.3. The molecule has 1 saturated heterocycles. The summed E-state index contributed by atoms with van der Waals surface area (Å²) in [7, 11) is -2.40. The van der Waals surface area contributed by atoms with E-state index in [0.717, 1.165) is 5.56 Å². The van der Waals surface area contributed by atoms with E-state index >= 15 is 0 Å². The van der Waals surface area contributed by atoms with E-state index in [1.807, 2.05) is 0 Å². The highest BCUT2D eigenvalue weighted by molar-refractivity contribution is 7.89. The first-order valence-corrected chi connectivity index (χ1v) is 11.7. The lowest BCUT2D eigenvalue weighted by Crippen LogP contribution is -2.51. The van der Waals surface area contributed by atoms with E-state index in [1.54, 1.807) is 24.3 Å². The molecule has 1 heterocycles. The van der Waals surface area contributed by atoms with Crippen LogP contribution in [0.15, 0.2) is 53.4 Å². The van der Waals surface area contributed by atoms with Crippen LogP contribution >= 0.6 is 0 Å². The summed E-state index contributed by atoms with van der Waals surface area (Å²) in [6.07, 6.45) is -0.291. The minimum Gasteiger partial charge on any atom is -0.497 e. The Labute approximate surface area is 186 Å². The number of amides is 1. The van der Waals surface area contributed by atoms with Crippen molar-refractivity contribution in [3.05, 3.63) is 59.9 Å². The molecule has 3 N–H and O–H groups in total. The van der Waals surface area contributed by atoms with Crippen LogP contribution in [0, 0.1) is 5.82 Å². The Kier molecular flexibility index (Phi) is 8.19. The second-order valence-corrected chi connectivity index (χ2v) is 9.28. The summed E-state index contributed by atoms with van der Waals surface area (Å²) in [4.78, 5) is 12.3. The molecule has 2 aromatic rings. The summed E-state index contributed by atoms with van der Waals surface area (Å²) < 4.78 is 51.9. The van der Waals surface area contributed by atoms with Gasteiger partial charge in [0.1, 0.15) is 11.6 Å². The maximum Gasteiger partial charge on any atom is 0.241 e. The number of aliphatic hydroxyl groups excluding tert-OH is 1. The van der Waals surface area contributed by atoms with E-state index in [1.165, 1.54) is 31.4 Å². The van der Waals surface area contributed by atoms with Crippen molar-refractivity contribution < 1.29 is 32.2 Å². The molecule has 0 radical (unpaired) electrons. The molecule has 10 heteroatoms. The fourth-order valence-corrected chi connectivity index (χ4v) is 4.87. The molecule has 0 saturated carbocycles. The van der Waals surface area contributed by atoms with Crippen LogP contribution in [0.5, 0.6) is 5.75 Å². The van der Waals surface area contributed by atoms with Crippen molar-refractivity contribution in [1.82, 2.24) is 10.0 Å². The maximum atomic E-state index is 13.0.